The Bertz CT molecular complexity index is 485. The van der Waals surface area contributed by atoms with Gasteiger partial charge in [0.1, 0.15) is 5.82 Å². The number of carbonyl (C=O) groups is 1. The maximum atomic E-state index is 14.0. The molecule has 108 valence electrons. The third kappa shape index (κ3) is 2.57. The highest BCUT2D eigenvalue weighted by atomic mass is 19.1. The lowest BCUT2D eigenvalue weighted by Gasteiger charge is -2.32. The minimum Gasteiger partial charge on any atom is -0.367 e. The first-order valence-corrected chi connectivity index (χ1v) is 7.52. The molecular formula is C16H21FN2O. The highest BCUT2D eigenvalue weighted by Gasteiger charge is 2.30. The number of para-hydroxylation sites is 1. The topological polar surface area (TPSA) is 23.6 Å². The molecule has 1 aromatic carbocycles. The van der Waals surface area contributed by atoms with E-state index >= 15 is 0 Å². The van der Waals surface area contributed by atoms with Gasteiger partial charge in [-0.25, -0.2) is 4.39 Å². The number of rotatable bonds is 3. The van der Waals surface area contributed by atoms with Crippen molar-refractivity contribution in [1.29, 1.82) is 0 Å². The van der Waals surface area contributed by atoms with Crippen molar-refractivity contribution in [2.45, 2.75) is 31.7 Å². The molecule has 20 heavy (non-hydrogen) atoms. The normalized spacial score (nSPS) is 24.1. The lowest BCUT2D eigenvalue weighted by Crippen LogP contribution is -2.41. The van der Waals surface area contributed by atoms with Crippen LogP contribution in [-0.2, 0) is 0 Å². The Kier molecular flexibility index (Phi) is 4.01. The molecule has 1 unspecified atom stereocenters. The Hall–Kier alpha value is -1.42. The van der Waals surface area contributed by atoms with E-state index in [0.717, 1.165) is 38.9 Å². The van der Waals surface area contributed by atoms with Crippen molar-refractivity contribution in [1.82, 2.24) is 4.90 Å². The molecule has 0 radical (unpaired) electrons. The molecule has 0 aromatic heterocycles. The van der Waals surface area contributed by atoms with Gasteiger partial charge in [-0.3, -0.25) is 9.69 Å². The van der Waals surface area contributed by atoms with E-state index in [4.69, 9.17) is 0 Å². The number of hydrogen-bond donors (Lipinski definition) is 0. The van der Waals surface area contributed by atoms with Crippen LogP contribution < -0.4 is 4.90 Å². The van der Waals surface area contributed by atoms with Gasteiger partial charge in [-0.1, -0.05) is 12.5 Å². The van der Waals surface area contributed by atoms with Crippen LogP contribution in [0.5, 0.6) is 0 Å². The maximum absolute atomic E-state index is 14.0. The van der Waals surface area contributed by atoms with E-state index < -0.39 is 0 Å². The predicted octanol–water partition coefficient (Wildman–Crippen LogP) is 2.70. The van der Waals surface area contributed by atoms with Crippen LogP contribution in [0, 0.1) is 5.82 Å². The summed E-state index contributed by atoms with van der Waals surface area (Å²) in [6.07, 6.45) is 5.69. The summed E-state index contributed by atoms with van der Waals surface area (Å²) in [4.78, 5) is 15.7. The zero-order valence-electron chi connectivity index (χ0n) is 11.7. The quantitative estimate of drug-likeness (QED) is 0.793. The summed E-state index contributed by atoms with van der Waals surface area (Å²) in [7, 11) is 0. The molecule has 2 saturated heterocycles. The Labute approximate surface area is 119 Å². The third-order valence-corrected chi connectivity index (χ3v) is 4.53. The molecule has 0 amide bonds. The minimum atomic E-state index is -0.283. The van der Waals surface area contributed by atoms with E-state index in [9.17, 15) is 9.18 Å². The van der Waals surface area contributed by atoms with Crippen LogP contribution >= 0.6 is 0 Å². The first kappa shape index (κ1) is 13.6. The average Bonchev–Trinajstić information content (AvgIpc) is 2.97. The molecule has 2 aliphatic heterocycles. The van der Waals surface area contributed by atoms with Crippen molar-refractivity contribution in [3.63, 3.8) is 0 Å². The second kappa shape index (κ2) is 5.92. The van der Waals surface area contributed by atoms with Crippen LogP contribution in [0.15, 0.2) is 18.2 Å². The number of nitrogens with zero attached hydrogens (tertiary/aromatic N) is 2. The van der Waals surface area contributed by atoms with Crippen molar-refractivity contribution in [2.24, 2.45) is 0 Å². The van der Waals surface area contributed by atoms with E-state index in [2.05, 4.69) is 4.90 Å². The molecule has 3 rings (SSSR count). The number of aldehydes is 1. The second-order valence-electron chi connectivity index (χ2n) is 5.78. The van der Waals surface area contributed by atoms with Crippen LogP contribution in [-0.4, -0.2) is 43.4 Å². The monoisotopic (exact) mass is 276 g/mol. The van der Waals surface area contributed by atoms with Gasteiger partial charge in [-0.2, -0.15) is 0 Å². The molecule has 2 aliphatic rings. The highest BCUT2D eigenvalue weighted by molar-refractivity contribution is 5.85. The molecule has 1 aromatic rings. The molecule has 0 aliphatic carbocycles. The van der Waals surface area contributed by atoms with E-state index in [0.29, 0.717) is 17.3 Å². The Morgan fingerprint density at radius 2 is 1.95 bits per heavy atom. The zero-order chi connectivity index (χ0) is 13.9. The number of benzene rings is 1. The van der Waals surface area contributed by atoms with Crippen molar-refractivity contribution < 1.29 is 9.18 Å². The van der Waals surface area contributed by atoms with Crippen molar-refractivity contribution in [3.05, 3.63) is 29.6 Å². The van der Waals surface area contributed by atoms with Gasteiger partial charge in [0.25, 0.3) is 0 Å². The van der Waals surface area contributed by atoms with Crippen LogP contribution in [0.2, 0.25) is 0 Å². The Morgan fingerprint density at radius 3 is 2.70 bits per heavy atom. The van der Waals surface area contributed by atoms with Crippen molar-refractivity contribution >= 4 is 12.0 Å². The lowest BCUT2D eigenvalue weighted by molar-refractivity contribution is 0.112. The van der Waals surface area contributed by atoms with E-state index in [-0.39, 0.29) is 5.82 Å². The van der Waals surface area contributed by atoms with E-state index in [1.54, 1.807) is 12.1 Å². The van der Waals surface area contributed by atoms with Crippen LogP contribution in [0.4, 0.5) is 10.1 Å². The fourth-order valence-electron chi connectivity index (χ4n) is 3.49. The standard InChI is InChI=1S/C16H21FN2O/c17-15-6-4-5-13(12-20)16(15)19-10-7-14(11-19)18-8-2-1-3-9-18/h4-6,12,14H,1-3,7-11H2. The molecule has 2 heterocycles. The number of piperidine rings is 1. The summed E-state index contributed by atoms with van der Waals surface area (Å²) < 4.78 is 14.0. The molecule has 4 heteroatoms. The summed E-state index contributed by atoms with van der Waals surface area (Å²) in [6.45, 7) is 4.00. The molecule has 1 atom stereocenters. The Balaban J connectivity index is 1.75. The highest BCUT2D eigenvalue weighted by Crippen LogP contribution is 2.29. The molecule has 0 saturated carbocycles. The number of hydrogen-bond acceptors (Lipinski definition) is 3. The number of halogens is 1. The largest absolute Gasteiger partial charge is 0.367 e. The minimum absolute atomic E-state index is 0.283. The fourth-order valence-corrected chi connectivity index (χ4v) is 3.49. The molecule has 0 spiro atoms. The summed E-state index contributed by atoms with van der Waals surface area (Å²) in [5, 5.41) is 0. The first-order chi connectivity index (χ1) is 9.79. The van der Waals surface area contributed by atoms with E-state index in [1.807, 2.05) is 4.90 Å². The molecule has 0 N–H and O–H groups in total. The third-order valence-electron chi connectivity index (χ3n) is 4.53. The average molecular weight is 276 g/mol. The zero-order valence-corrected chi connectivity index (χ0v) is 11.7. The van der Waals surface area contributed by atoms with Gasteiger partial charge in [0.15, 0.2) is 6.29 Å². The van der Waals surface area contributed by atoms with E-state index in [1.165, 1.54) is 25.3 Å². The van der Waals surface area contributed by atoms with Gasteiger partial charge in [-0.15, -0.1) is 0 Å². The van der Waals surface area contributed by atoms with Crippen molar-refractivity contribution in [2.75, 3.05) is 31.1 Å². The van der Waals surface area contributed by atoms with Crippen LogP contribution in [0.25, 0.3) is 0 Å². The molecular weight excluding hydrogens is 255 g/mol. The van der Waals surface area contributed by atoms with Crippen LogP contribution in [0.1, 0.15) is 36.0 Å². The smallest absolute Gasteiger partial charge is 0.152 e. The van der Waals surface area contributed by atoms with Gasteiger partial charge in [0.2, 0.25) is 0 Å². The van der Waals surface area contributed by atoms with Crippen molar-refractivity contribution in [3.8, 4) is 0 Å². The van der Waals surface area contributed by atoms with Gasteiger partial charge in [0, 0.05) is 24.7 Å². The lowest BCUT2D eigenvalue weighted by atomic mass is 10.1. The van der Waals surface area contributed by atoms with Gasteiger partial charge in [0.05, 0.1) is 5.69 Å². The molecule has 2 fully saturated rings. The number of anilines is 1. The first-order valence-electron chi connectivity index (χ1n) is 7.52. The SMILES string of the molecule is O=Cc1cccc(F)c1N1CCC(N2CCCCC2)C1. The van der Waals surface area contributed by atoms with Gasteiger partial charge >= 0.3 is 0 Å². The maximum Gasteiger partial charge on any atom is 0.152 e. The van der Waals surface area contributed by atoms with Gasteiger partial charge in [-0.05, 0) is 44.5 Å². The van der Waals surface area contributed by atoms with Gasteiger partial charge < -0.3 is 4.90 Å². The predicted molar refractivity (Wildman–Crippen MR) is 77.8 cm³/mol. The van der Waals surface area contributed by atoms with Crippen LogP contribution in [0.3, 0.4) is 0 Å². The summed E-state index contributed by atoms with van der Waals surface area (Å²) in [5.74, 6) is -0.283. The summed E-state index contributed by atoms with van der Waals surface area (Å²) in [5.41, 5.74) is 0.950. The molecule has 0 bridgehead atoms. The fraction of sp³-hybridized carbons (Fsp3) is 0.562. The second-order valence-corrected chi connectivity index (χ2v) is 5.78. The number of likely N-dealkylation sites (tertiary alicyclic amines) is 1. The summed E-state index contributed by atoms with van der Waals surface area (Å²) in [6, 6.07) is 5.24. The Morgan fingerprint density at radius 1 is 1.15 bits per heavy atom. The summed E-state index contributed by atoms with van der Waals surface area (Å²) >= 11 is 0. The number of carbonyl (C=O) groups excluding carboxylic acids is 1. The molecule has 3 nitrogen and oxygen atoms in total.